The quantitative estimate of drug-likeness (QED) is 0.868. The standard InChI is InChI=1S/C17H27N3O3.ClH/c21-15(16-7-4-12-23-16)13-19-8-10-20(11-9-19)17(22)18-14-5-2-1-3-6-14;/h4,7,12,14-15,21H,1-3,5-6,8-11,13H2,(H,18,22);1H. The van der Waals surface area contributed by atoms with Gasteiger partial charge in [0.15, 0.2) is 0 Å². The lowest BCUT2D eigenvalue weighted by Gasteiger charge is -2.36. The van der Waals surface area contributed by atoms with E-state index >= 15 is 0 Å². The van der Waals surface area contributed by atoms with Crippen molar-refractivity contribution in [3.05, 3.63) is 24.2 Å². The summed E-state index contributed by atoms with van der Waals surface area (Å²) in [5.74, 6) is 0.600. The number of halogens is 1. The fraction of sp³-hybridized carbons (Fsp3) is 0.706. The summed E-state index contributed by atoms with van der Waals surface area (Å²) in [7, 11) is 0. The molecule has 0 radical (unpaired) electrons. The van der Waals surface area contributed by atoms with E-state index in [1.54, 1.807) is 18.4 Å². The van der Waals surface area contributed by atoms with E-state index in [-0.39, 0.29) is 18.4 Å². The molecule has 136 valence electrons. The van der Waals surface area contributed by atoms with Crippen LogP contribution < -0.4 is 5.32 Å². The Hall–Kier alpha value is -1.24. The summed E-state index contributed by atoms with van der Waals surface area (Å²) in [6, 6.07) is 4.00. The first-order valence-corrected chi connectivity index (χ1v) is 8.71. The third-order valence-electron chi connectivity index (χ3n) is 4.90. The molecule has 2 heterocycles. The number of nitrogens with one attached hydrogen (secondary N) is 1. The van der Waals surface area contributed by atoms with Crippen molar-refractivity contribution in [1.29, 1.82) is 0 Å². The lowest BCUT2D eigenvalue weighted by atomic mass is 9.96. The molecule has 3 rings (SSSR count). The molecular weight excluding hydrogens is 330 g/mol. The molecule has 24 heavy (non-hydrogen) atoms. The van der Waals surface area contributed by atoms with Crippen LogP contribution in [0, 0.1) is 0 Å². The van der Waals surface area contributed by atoms with E-state index in [9.17, 15) is 9.90 Å². The molecule has 0 spiro atoms. The van der Waals surface area contributed by atoms with Crippen molar-refractivity contribution in [2.24, 2.45) is 0 Å². The van der Waals surface area contributed by atoms with Gasteiger partial charge in [0.1, 0.15) is 11.9 Å². The Bertz CT molecular complexity index is 483. The Balaban J connectivity index is 0.00000208. The molecule has 1 aromatic heterocycles. The normalized spacial score (nSPS) is 21.1. The van der Waals surface area contributed by atoms with Crippen molar-refractivity contribution in [3.8, 4) is 0 Å². The van der Waals surface area contributed by atoms with Gasteiger partial charge in [0, 0.05) is 38.8 Å². The monoisotopic (exact) mass is 357 g/mol. The fourth-order valence-electron chi connectivity index (χ4n) is 3.46. The zero-order valence-corrected chi connectivity index (χ0v) is 14.8. The number of carbonyl (C=O) groups excluding carboxylic acids is 1. The van der Waals surface area contributed by atoms with Crippen LogP contribution in [0.3, 0.4) is 0 Å². The molecule has 1 saturated carbocycles. The maximum absolute atomic E-state index is 12.3. The molecule has 2 fully saturated rings. The number of rotatable bonds is 4. The Labute approximate surface area is 149 Å². The summed E-state index contributed by atoms with van der Waals surface area (Å²) in [4.78, 5) is 16.4. The first-order valence-electron chi connectivity index (χ1n) is 8.71. The molecule has 1 saturated heterocycles. The second kappa shape index (κ2) is 9.30. The zero-order chi connectivity index (χ0) is 16.1. The highest BCUT2D eigenvalue weighted by Crippen LogP contribution is 2.18. The van der Waals surface area contributed by atoms with E-state index in [1.165, 1.54) is 19.3 Å². The van der Waals surface area contributed by atoms with Crippen LogP contribution in [0.15, 0.2) is 22.8 Å². The number of furan rings is 1. The summed E-state index contributed by atoms with van der Waals surface area (Å²) < 4.78 is 5.23. The van der Waals surface area contributed by atoms with Crippen molar-refractivity contribution >= 4 is 18.4 Å². The fourth-order valence-corrected chi connectivity index (χ4v) is 3.46. The van der Waals surface area contributed by atoms with Gasteiger partial charge >= 0.3 is 6.03 Å². The second-order valence-corrected chi connectivity index (χ2v) is 6.60. The molecule has 0 bridgehead atoms. The summed E-state index contributed by atoms with van der Waals surface area (Å²) in [6.45, 7) is 3.55. The van der Waals surface area contributed by atoms with Crippen LogP contribution in [0.1, 0.15) is 44.0 Å². The van der Waals surface area contributed by atoms with E-state index in [2.05, 4.69) is 10.2 Å². The van der Waals surface area contributed by atoms with Gasteiger partial charge in [0.2, 0.25) is 0 Å². The molecule has 6 nitrogen and oxygen atoms in total. The highest BCUT2D eigenvalue weighted by atomic mass is 35.5. The van der Waals surface area contributed by atoms with Gasteiger partial charge in [-0.1, -0.05) is 19.3 Å². The number of β-amino-alcohol motifs (C(OH)–C–C–N with tert-alkyl or cyclic N) is 1. The molecule has 2 N–H and O–H groups in total. The number of carbonyl (C=O) groups is 1. The van der Waals surface area contributed by atoms with Gasteiger partial charge in [0.05, 0.1) is 6.26 Å². The topological polar surface area (TPSA) is 69.0 Å². The highest BCUT2D eigenvalue weighted by Gasteiger charge is 2.25. The van der Waals surface area contributed by atoms with Gasteiger partial charge in [-0.15, -0.1) is 12.4 Å². The van der Waals surface area contributed by atoms with Crippen molar-refractivity contribution in [1.82, 2.24) is 15.1 Å². The van der Waals surface area contributed by atoms with E-state index in [0.29, 0.717) is 31.4 Å². The third-order valence-corrected chi connectivity index (χ3v) is 4.90. The van der Waals surface area contributed by atoms with Crippen LogP contribution in [0.5, 0.6) is 0 Å². The molecule has 1 atom stereocenters. The predicted molar refractivity (Wildman–Crippen MR) is 94.3 cm³/mol. The Morgan fingerprint density at radius 3 is 2.58 bits per heavy atom. The summed E-state index contributed by atoms with van der Waals surface area (Å²) >= 11 is 0. The number of hydrogen-bond donors (Lipinski definition) is 2. The molecule has 1 aliphatic carbocycles. The minimum atomic E-state index is -0.604. The molecule has 7 heteroatoms. The van der Waals surface area contributed by atoms with Gasteiger partial charge in [-0.05, 0) is 25.0 Å². The maximum atomic E-state index is 12.3. The number of aliphatic hydroxyl groups excluding tert-OH is 1. The van der Waals surface area contributed by atoms with Gasteiger partial charge in [-0.3, -0.25) is 4.90 Å². The first-order chi connectivity index (χ1) is 11.2. The average Bonchev–Trinajstić information content (AvgIpc) is 3.11. The third kappa shape index (κ3) is 5.13. The van der Waals surface area contributed by atoms with Crippen LogP contribution in [-0.4, -0.2) is 59.7 Å². The van der Waals surface area contributed by atoms with Crippen molar-refractivity contribution in [3.63, 3.8) is 0 Å². The van der Waals surface area contributed by atoms with Crippen LogP contribution in [-0.2, 0) is 0 Å². The summed E-state index contributed by atoms with van der Waals surface area (Å²) in [5.41, 5.74) is 0. The smallest absolute Gasteiger partial charge is 0.317 e. The molecule has 2 aliphatic rings. The first kappa shape index (κ1) is 19.1. The minimum absolute atomic E-state index is 0. The summed E-state index contributed by atoms with van der Waals surface area (Å²) in [5, 5.41) is 13.3. The number of amides is 2. The number of urea groups is 1. The van der Waals surface area contributed by atoms with Crippen LogP contribution >= 0.6 is 12.4 Å². The largest absolute Gasteiger partial charge is 0.467 e. The summed E-state index contributed by atoms with van der Waals surface area (Å²) in [6.07, 6.45) is 6.94. The van der Waals surface area contributed by atoms with Crippen LogP contribution in [0.4, 0.5) is 4.79 Å². The second-order valence-electron chi connectivity index (χ2n) is 6.60. The van der Waals surface area contributed by atoms with Crippen molar-refractivity contribution in [2.75, 3.05) is 32.7 Å². The van der Waals surface area contributed by atoms with E-state index in [4.69, 9.17) is 4.42 Å². The number of hydrogen-bond acceptors (Lipinski definition) is 4. The van der Waals surface area contributed by atoms with Gasteiger partial charge in [0.25, 0.3) is 0 Å². The predicted octanol–water partition coefficient (Wildman–Crippen LogP) is 2.39. The highest BCUT2D eigenvalue weighted by molar-refractivity contribution is 5.85. The van der Waals surface area contributed by atoms with E-state index in [1.807, 2.05) is 4.90 Å². The average molecular weight is 358 g/mol. The number of piperazine rings is 1. The Morgan fingerprint density at radius 2 is 1.96 bits per heavy atom. The van der Waals surface area contributed by atoms with Gasteiger partial charge in [-0.25, -0.2) is 4.79 Å². The van der Waals surface area contributed by atoms with Crippen LogP contribution in [0.2, 0.25) is 0 Å². The molecule has 0 aromatic carbocycles. The molecule has 1 aromatic rings. The SMILES string of the molecule is Cl.O=C(NC1CCCCC1)N1CCN(CC(O)c2ccco2)CC1. The molecule has 2 amide bonds. The Morgan fingerprint density at radius 1 is 1.25 bits per heavy atom. The Kier molecular flexibility index (Phi) is 7.40. The van der Waals surface area contributed by atoms with Crippen molar-refractivity contribution in [2.45, 2.75) is 44.2 Å². The lowest BCUT2D eigenvalue weighted by Crippen LogP contribution is -2.54. The molecular formula is C17H28ClN3O3. The van der Waals surface area contributed by atoms with E-state index in [0.717, 1.165) is 25.9 Å². The molecule has 1 unspecified atom stereocenters. The molecule has 1 aliphatic heterocycles. The number of nitrogens with zero attached hydrogens (tertiary/aromatic N) is 2. The minimum Gasteiger partial charge on any atom is -0.467 e. The van der Waals surface area contributed by atoms with E-state index < -0.39 is 6.10 Å². The van der Waals surface area contributed by atoms with Crippen molar-refractivity contribution < 1.29 is 14.3 Å². The zero-order valence-electron chi connectivity index (χ0n) is 14.0. The number of aliphatic hydroxyl groups is 1. The van der Waals surface area contributed by atoms with Gasteiger partial charge in [-0.2, -0.15) is 0 Å². The van der Waals surface area contributed by atoms with Crippen LogP contribution in [0.25, 0.3) is 0 Å². The maximum Gasteiger partial charge on any atom is 0.317 e. The lowest BCUT2D eigenvalue weighted by molar-refractivity contribution is 0.0686. The van der Waals surface area contributed by atoms with Gasteiger partial charge < -0.3 is 19.7 Å².